The standard InChI is InChI=1S/C16H26N4O/c1-19-9-3-4-13(19)10-20(2)15-8-7-14(17)16(18-15)21-11-12-5-6-12/h7-8,12-13H,3-6,9-11,17H2,1-2H3. The normalized spacial score (nSPS) is 22.5. The minimum Gasteiger partial charge on any atom is -0.476 e. The number of rotatable bonds is 6. The second kappa shape index (κ2) is 6.10. The first-order valence-corrected chi connectivity index (χ1v) is 7.94. The Kier molecular flexibility index (Phi) is 4.19. The average molecular weight is 290 g/mol. The summed E-state index contributed by atoms with van der Waals surface area (Å²) < 4.78 is 5.77. The zero-order valence-corrected chi connectivity index (χ0v) is 13.1. The molecule has 0 amide bonds. The van der Waals surface area contributed by atoms with Crippen molar-refractivity contribution in [1.29, 1.82) is 0 Å². The summed E-state index contributed by atoms with van der Waals surface area (Å²) in [5, 5.41) is 0. The predicted octanol–water partition coefficient (Wildman–Crippen LogP) is 1.98. The van der Waals surface area contributed by atoms with E-state index in [-0.39, 0.29) is 0 Å². The Labute approximate surface area is 127 Å². The highest BCUT2D eigenvalue weighted by atomic mass is 16.5. The smallest absolute Gasteiger partial charge is 0.239 e. The number of likely N-dealkylation sites (tertiary alicyclic amines) is 1. The van der Waals surface area contributed by atoms with Crippen LogP contribution >= 0.6 is 0 Å². The number of pyridine rings is 1. The van der Waals surface area contributed by atoms with Gasteiger partial charge >= 0.3 is 0 Å². The van der Waals surface area contributed by atoms with E-state index < -0.39 is 0 Å². The van der Waals surface area contributed by atoms with Crippen LogP contribution in [0.5, 0.6) is 5.88 Å². The van der Waals surface area contributed by atoms with Crippen molar-refractivity contribution < 1.29 is 4.74 Å². The average Bonchev–Trinajstić information content (AvgIpc) is 3.22. The summed E-state index contributed by atoms with van der Waals surface area (Å²) in [7, 11) is 4.29. The van der Waals surface area contributed by atoms with E-state index in [1.54, 1.807) is 0 Å². The van der Waals surface area contributed by atoms with Crippen LogP contribution in [-0.2, 0) is 0 Å². The SMILES string of the molecule is CN(CC1CCCN1C)c1ccc(N)c(OCC2CC2)n1. The van der Waals surface area contributed by atoms with Gasteiger partial charge < -0.3 is 20.3 Å². The molecule has 2 aliphatic rings. The molecule has 1 aromatic heterocycles. The third-order valence-corrected chi connectivity index (χ3v) is 4.57. The van der Waals surface area contributed by atoms with Crippen LogP contribution in [0, 0.1) is 5.92 Å². The molecule has 5 heteroatoms. The summed E-state index contributed by atoms with van der Waals surface area (Å²) in [4.78, 5) is 9.23. The molecule has 1 unspecified atom stereocenters. The minimum absolute atomic E-state index is 0.589. The van der Waals surface area contributed by atoms with Crippen LogP contribution in [0.3, 0.4) is 0 Å². The molecule has 1 aromatic rings. The van der Waals surface area contributed by atoms with Crippen molar-refractivity contribution in [2.75, 3.05) is 44.4 Å². The number of nitrogen functional groups attached to an aromatic ring is 1. The second-order valence-electron chi connectivity index (χ2n) is 6.48. The number of hydrogen-bond acceptors (Lipinski definition) is 5. The van der Waals surface area contributed by atoms with E-state index in [0.29, 0.717) is 23.5 Å². The second-order valence-corrected chi connectivity index (χ2v) is 6.48. The highest BCUT2D eigenvalue weighted by Gasteiger charge is 2.24. The van der Waals surface area contributed by atoms with E-state index in [1.165, 1.54) is 32.2 Å². The van der Waals surface area contributed by atoms with Crippen molar-refractivity contribution in [3.8, 4) is 5.88 Å². The predicted molar refractivity (Wildman–Crippen MR) is 85.8 cm³/mol. The molecule has 21 heavy (non-hydrogen) atoms. The molecule has 1 atom stereocenters. The maximum Gasteiger partial charge on any atom is 0.239 e. The fraction of sp³-hybridized carbons (Fsp3) is 0.688. The van der Waals surface area contributed by atoms with Gasteiger partial charge in [-0.15, -0.1) is 0 Å². The van der Waals surface area contributed by atoms with E-state index in [1.807, 2.05) is 12.1 Å². The first kappa shape index (κ1) is 14.4. The van der Waals surface area contributed by atoms with Gasteiger partial charge in [-0.25, -0.2) is 0 Å². The summed E-state index contributed by atoms with van der Waals surface area (Å²) >= 11 is 0. The Morgan fingerprint density at radius 1 is 1.38 bits per heavy atom. The summed E-state index contributed by atoms with van der Waals surface area (Å²) in [5.41, 5.74) is 6.60. The number of ether oxygens (including phenoxy) is 1. The molecule has 5 nitrogen and oxygen atoms in total. The molecular formula is C16H26N4O. The number of nitrogens with two attached hydrogens (primary N) is 1. The molecule has 1 saturated carbocycles. The summed E-state index contributed by atoms with van der Waals surface area (Å²) in [6, 6.07) is 4.50. The number of likely N-dealkylation sites (N-methyl/N-ethyl adjacent to an activating group) is 2. The number of nitrogens with zero attached hydrogens (tertiary/aromatic N) is 3. The fourth-order valence-electron chi connectivity index (χ4n) is 2.87. The first-order chi connectivity index (χ1) is 10.1. The van der Waals surface area contributed by atoms with Crippen LogP contribution in [0.4, 0.5) is 11.5 Å². The lowest BCUT2D eigenvalue weighted by Gasteiger charge is -2.26. The van der Waals surface area contributed by atoms with Gasteiger partial charge in [0.25, 0.3) is 0 Å². The number of anilines is 2. The molecule has 0 radical (unpaired) electrons. The Hall–Kier alpha value is -1.49. The molecule has 3 rings (SSSR count). The molecule has 0 bridgehead atoms. The molecule has 2 fully saturated rings. The van der Waals surface area contributed by atoms with E-state index in [9.17, 15) is 0 Å². The van der Waals surface area contributed by atoms with Crippen LogP contribution < -0.4 is 15.4 Å². The van der Waals surface area contributed by atoms with Crippen molar-refractivity contribution >= 4 is 11.5 Å². The Morgan fingerprint density at radius 2 is 2.19 bits per heavy atom. The van der Waals surface area contributed by atoms with Gasteiger partial charge in [-0.1, -0.05) is 0 Å². The Balaban J connectivity index is 1.64. The summed E-state index contributed by atoms with van der Waals surface area (Å²) in [6.07, 6.45) is 5.10. The molecule has 2 N–H and O–H groups in total. The molecule has 2 heterocycles. The third-order valence-electron chi connectivity index (χ3n) is 4.57. The number of hydrogen-bond donors (Lipinski definition) is 1. The van der Waals surface area contributed by atoms with Crippen molar-refractivity contribution in [3.63, 3.8) is 0 Å². The Bertz CT molecular complexity index is 489. The van der Waals surface area contributed by atoms with Crippen LogP contribution in [0.2, 0.25) is 0 Å². The number of aromatic nitrogens is 1. The van der Waals surface area contributed by atoms with Crippen molar-refractivity contribution in [3.05, 3.63) is 12.1 Å². The van der Waals surface area contributed by atoms with Gasteiger partial charge in [0.1, 0.15) is 5.82 Å². The van der Waals surface area contributed by atoms with E-state index in [4.69, 9.17) is 10.5 Å². The third kappa shape index (κ3) is 3.59. The minimum atomic E-state index is 0.589. The van der Waals surface area contributed by atoms with Gasteiger partial charge in [-0.05, 0) is 57.3 Å². The molecule has 0 spiro atoms. The van der Waals surface area contributed by atoms with Crippen LogP contribution in [0.25, 0.3) is 0 Å². The topological polar surface area (TPSA) is 54.6 Å². The zero-order chi connectivity index (χ0) is 14.8. The molecule has 1 saturated heterocycles. The van der Waals surface area contributed by atoms with Gasteiger partial charge in [0.2, 0.25) is 5.88 Å². The van der Waals surface area contributed by atoms with Crippen LogP contribution in [0.1, 0.15) is 25.7 Å². The van der Waals surface area contributed by atoms with Gasteiger partial charge in [0, 0.05) is 19.6 Å². The largest absolute Gasteiger partial charge is 0.476 e. The fourth-order valence-corrected chi connectivity index (χ4v) is 2.87. The summed E-state index contributed by atoms with van der Waals surface area (Å²) in [5.74, 6) is 2.24. The monoisotopic (exact) mass is 290 g/mol. The Morgan fingerprint density at radius 3 is 2.86 bits per heavy atom. The quantitative estimate of drug-likeness (QED) is 0.868. The summed E-state index contributed by atoms with van der Waals surface area (Å²) in [6.45, 7) is 2.94. The lowest BCUT2D eigenvalue weighted by Crippen LogP contribution is -2.37. The van der Waals surface area contributed by atoms with E-state index in [0.717, 1.165) is 19.0 Å². The maximum absolute atomic E-state index is 5.97. The van der Waals surface area contributed by atoms with E-state index in [2.05, 4.69) is 28.9 Å². The van der Waals surface area contributed by atoms with Gasteiger partial charge in [0.15, 0.2) is 0 Å². The molecule has 0 aromatic carbocycles. The van der Waals surface area contributed by atoms with Gasteiger partial charge in [-0.3, -0.25) is 0 Å². The zero-order valence-electron chi connectivity index (χ0n) is 13.1. The molecular weight excluding hydrogens is 264 g/mol. The first-order valence-electron chi connectivity index (χ1n) is 7.94. The molecule has 1 aliphatic carbocycles. The van der Waals surface area contributed by atoms with Gasteiger partial charge in [-0.2, -0.15) is 4.98 Å². The van der Waals surface area contributed by atoms with Crippen molar-refractivity contribution in [2.45, 2.75) is 31.7 Å². The highest BCUT2D eigenvalue weighted by Crippen LogP contribution is 2.31. The highest BCUT2D eigenvalue weighted by molar-refractivity contribution is 5.54. The van der Waals surface area contributed by atoms with Crippen molar-refractivity contribution in [2.24, 2.45) is 5.92 Å². The van der Waals surface area contributed by atoms with Crippen LogP contribution in [0.15, 0.2) is 12.1 Å². The lowest BCUT2D eigenvalue weighted by atomic mass is 10.2. The van der Waals surface area contributed by atoms with Gasteiger partial charge in [0.05, 0.1) is 12.3 Å². The van der Waals surface area contributed by atoms with Crippen LogP contribution in [-0.4, -0.2) is 49.7 Å². The molecule has 1 aliphatic heterocycles. The molecule has 116 valence electrons. The maximum atomic E-state index is 5.97. The lowest BCUT2D eigenvalue weighted by molar-refractivity contribution is 0.289. The van der Waals surface area contributed by atoms with E-state index >= 15 is 0 Å². The van der Waals surface area contributed by atoms with Crippen molar-refractivity contribution in [1.82, 2.24) is 9.88 Å².